The highest BCUT2D eigenvalue weighted by atomic mass is 16.5. The van der Waals surface area contributed by atoms with Gasteiger partial charge >= 0.3 is 0 Å². The number of hydrogen-bond acceptors (Lipinski definition) is 4. The molecule has 1 aromatic carbocycles. The second-order valence-corrected chi connectivity index (χ2v) is 4.98. The molecule has 0 unspecified atom stereocenters. The minimum Gasteiger partial charge on any atom is -0.484 e. The van der Waals surface area contributed by atoms with Crippen LogP contribution >= 0.6 is 0 Å². The van der Waals surface area contributed by atoms with Crippen LogP contribution in [0, 0.1) is 0 Å². The van der Waals surface area contributed by atoms with E-state index in [1.54, 1.807) is 6.07 Å². The standard InChI is InChI=1S/C15H18N4O2/c20-15(11-21-13-4-2-1-3-5-13)17-14-7-9-19(18-14)12-6-8-16-10-12/h1-5,7,9,12,16H,6,8,10-11H2,(H,17,18,20)/t12-/m1/s1. The first-order valence-corrected chi connectivity index (χ1v) is 7.05. The van der Waals surface area contributed by atoms with Gasteiger partial charge in [-0.2, -0.15) is 5.10 Å². The Bertz CT molecular complexity index is 591. The van der Waals surface area contributed by atoms with Crippen LogP contribution in [0.5, 0.6) is 5.75 Å². The van der Waals surface area contributed by atoms with Gasteiger partial charge in [-0.3, -0.25) is 9.48 Å². The third-order valence-corrected chi connectivity index (χ3v) is 3.40. The predicted octanol–water partition coefficient (Wildman–Crippen LogP) is 1.43. The van der Waals surface area contributed by atoms with Gasteiger partial charge in [-0.25, -0.2) is 0 Å². The first-order chi connectivity index (χ1) is 10.3. The van der Waals surface area contributed by atoms with E-state index in [1.165, 1.54) is 0 Å². The van der Waals surface area contributed by atoms with E-state index >= 15 is 0 Å². The number of aromatic nitrogens is 2. The molecule has 6 heteroatoms. The Balaban J connectivity index is 1.50. The lowest BCUT2D eigenvalue weighted by atomic mass is 10.3. The van der Waals surface area contributed by atoms with Crippen LogP contribution < -0.4 is 15.4 Å². The van der Waals surface area contributed by atoms with Gasteiger partial charge in [0.25, 0.3) is 5.91 Å². The number of nitrogens with one attached hydrogen (secondary N) is 2. The molecule has 1 fully saturated rings. The fourth-order valence-corrected chi connectivity index (χ4v) is 2.32. The molecule has 0 saturated carbocycles. The summed E-state index contributed by atoms with van der Waals surface area (Å²) in [6.45, 7) is 1.91. The number of amides is 1. The average molecular weight is 286 g/mol. The number of benzene rings is 1. The minimum atomic E-state index is -0.214. The lowest BCUT2D eigenvalue weighted by Crippen LogP contribution is -2.21. The minimum absolute atomic E-state index is 0.0259. The van der Waals surface area contributed by atoms with E-state index in [9.17, 15) is 4.79 Å². The Morgan fingerprint density at radius 3 is 3.00 bits per heavy atom. The fourth-order valence-electron chi connectivity index (χ4n) is 2.32. The van der Waals surface area contributed by atoms with Crippen molar-refractivity contribution < 1.29 is 9.53 Å². The molecule has 1 amide bonds. The molecule has 0 spiro atoms. The number of ether oxygens (including phenoxy) is 1. The second kappa shape index (κ2) is 6.41. The SMILES string of the molecule is O=C(COc1ccccc1)Nc1ccn([C@@H]2CCNC2)n1. The van der Waals surface area contributed by atoms with Gasteiger partial charge in [0.1, 0.15) is 5.75 Å². The normalized spacial score (nSPS) is 17.6. The van der Waals surface area contributed by atoms with Crippen molar-refractivity contribution in [3.05, 3.63) is 42.6 Å². The summed E-state index contributed by atoms with van der Waals surface area (Å²) in [5, 5.41) is 10.4. The molecule has 0 aliphatic carbocycles. The van der Waals surface area contributed by atoms with E-state index in [1.807, 2.05) is 41.2 Å². The molecule has 1 saturated heterocycles. The Morgan fingerprint density at radius 1 is 1.38 bits per heavy atom. The molecule has 1 aliphatic heterocycles. The zero-order valence-corrected chi connectivity index (χ0v) is 11.7. The molecule has 2 heterocycles. The van der Waals surface area contributed by atoms with E-state index in [2.05, 4.69) is 15.7 Å². The molecule has 0 bridgehead atoms. The molecule has 2 N–H and O–H groups in total. The summed E-state index contributed by atoms with van der Waals surface area (Å²) in [5.74, 6) is 1.02. The smallest absolute Gasteiger partial charge is 0.263 e. The number of carbonyl (C=O) groups is 1. The molecule has 3 rings (SSSR count). The summed E-state index contributed by atoms with van der Waals surface area (Å²) in [7, 11) is 0. The predicted molar refractivity (Wildman–Crippen MR) is 79.3 cm³/mol. The van der Waals surface area contributed by atoms with E-state index < -0.39 is 0 Å². The van der Waals surface area contributed by atoms with E-state index in [4.69, 9.17) is 4.74 Å². The van der Waals surface area contributed by atoms with Crippen LogP contribution in [0.25, 0.3) is 0 Å². The summed E-state index contributed by atoms with van der Waals surface area (Å²) in [4.78, 5) is 11.8. The maximum atomic E-state index is 11.8. The zero-order chi connectivity index (χ0) is 14.5. The molecule has 1 aliphatic rings. The third kappa shape index (κ3) is 3.61. The maximum absolute atomic E-state index is 11.8. The molecule has 21 heavy (non-hydrogen) atoms. The van der Waals surface area contributed by atoms with E-state index in [0.29, 0.717) is 17.6 Å². The Morgan fingerprint density at radius 2 is 2.24 bits per heavy atom. The van der Waals surface area contributed by atoms with Crippen molar-refractivity contribution in [3.8, 4) is 5.75 Å². The first kappa shape index (κ1) is 13.6. The van der Waals surface area contributed by atoms with Gasteiger partial charge in [-0.15, -0.1) is 0 Å². The Kier molecular flexibility index (Phi) is 4.16. The lowest BCUT2D eigenvalue weighted by molar-refractivity contribution is -0.118. The van der Waals surface area contributed by atoms with Crippen LogP contribution in [0.15, 0.2) is 42.6 Å². The monoisotopic (exact) mass is 286 g/mol. The molecule has 6 nitrogen and oxygen atoms in total. The van der Waals surface area contributed by atoms with Gasteiger partial charge in [0, 0.05) is 18.8 Å². The van der Waals surface area contributed by atoms with Gasteiger partial charge in [-0.05, 0) is 25.1 Å². The van der Waals surface area contributed by atoms with Crippen LogP contribution in [-0.2, 0) is 4.79 Å². The highest BCUT2D eigenvalue weighted by molar-refractivity contribution is 5.90. The number of carbonyl (C=O) groups excluding carboxylic acids is 1. The van der Waals surface area contributed by atoms with E-state index in [0.717, 1.165) is 19.5 Å². The number of para-hydroxylation sites is 1. The van der Waals surface area contributed by atoms with Gasteiger partial charge in [-0.1, -0.05) is 18.2 Å². The fraction of sp³-hybridized carbons (Fsp3) is 0.333. The largest absolute Gasteiger partial charge is 0.484 e. The maximum Gasteiger partial charge on any atom is 0.263 e. The Hall–Kier alpha value is -2.34. The van der Waals surface area contributed by atoms with Crippen molar-refractivity contribution in [1.82, 2.24) is 15.1 Å². The first-order valence-electron chi connectivity index (χ1n) is 7.05. The van der Waals surface area contributed by atoms with Gasteiger partial charge in [0.15, 0.2) is 12.4 Å². The quantitative estimate of drug-likeness (QED) is 0.872. The summed E-state index contributed by atoms with van der Waals surface area (Å²) in [6, 6.07) is 11.4. The molecular formula is C15H18N4O2. The summed E-state index contributed by atoms with van der Waals surface area (Å²) in [6.07, 6.45) is 2.96. The topological polar surface area (TPSA) is 68.2 Å². The Labute approximate surface area is 123 Å². The number of hydrogen-bond donors (Lipinski definition) is 2. The average Bonchev–Trinajstić information content (AvgIpc) is 3.17. The number of anilines is 1. The van der Waals surface area contributed by atoms with Gasteiger partial charge in [0.05, 0.1) is 6.04 Å². The molecule has 1 atom stereocenters. The lowest BCUT2D eigenvalue weighted by Gasteiger charge is -2.08. The summed E-state index contributed by atoms with van der Waals surface area (Å²) < 4.78 is 7.29. The van der Waals surface area contributed by atoms with Crippen LogP contribution in [0.1, 0.15) is 12.5 Å². The summed E-state index contributed by atoms with van der Waals surface area (Å²) in [5.41, 5.74) is 0. The van der Waals surface area contributed by atoms with Crippen molar-refractivity contribution >= 4 is 11.7 Å². The van der Waals surface area contributed by atoms with Crippen LogP contribution in [0.3, 0.4) is 0 Å². The third-order valence-electron chi connectivity index (χ3n) is 3.40. The molecular weight excluding hydrogens is 268 g/mol. The van der Waals surface area contributed by atoms with Gasteiger partial charge in [0.2, 0.25) is 0 Å². The van der Waals surface area contributed by atoms with Crippen molar-refractivity contribution in [2.75, 3.05) is 25.0 Å². The molecule has 1 aromatic heterocycles. The van der Waals surface area contributed by atoms with Gasteiger partial charge < -0.3 is 15.4 Å². The molecule has 0 radical (unpaired) electrons. The molecule has 110 valence electrons. The van der Waals surface area contributed by atoms with Crippen molar-refractivity contribution in [1.29, 1.82) is 0 Å². The summed E-state index contributed by atoms with van der Waals surface area (Å²) >= 11 is 0. The highest BCUT2D eigenvalue weighted by Gasteiger charge is 2.17. The number of nitrogens with zero attached hydrogens (tertiary/aromatic N) is 2. The van der Waals surface area contributed by atoms with Crippen molar-refractivity contribution in [2.45, 2.75) is 12.5 Å². The van der Waals surface area contributed by atoms with Crippen LogP contribution in [0.2, 0.25) is 0 Å². The van der Waals surface area contributed by atoms with Crippen molar-refractivity contribution in [3.63, 3.8) is 0 Å². The van der Waals surface area contributed by atoms with Crippen LogP contribution in [-0.4, -0.2) is 35.4 Å². The number of rotatable bonds is 5. The zero-order valence-electron chi connectivity index (χ0n) is 11.7. The second-order valence-electron chi connectivity index (χ2n) is 4.98. The van der Waals surface area contributed by atoms with E-state index in [-0.39, 0.29) is 12.5 Å². The van der Waals surface area contributed by atoms with Crippen LogP contribution in [0.4, 0.5) is 5.82 Å². The highest BCUT2D eigenvalue weighted by Crippen LogP contribution is 2.15. The molecule has 2 aromatic rings. The van der Waals surface area contributed by atoms with Crippen molar-refractivity contribution in [2.24, 2.45) is 0 Å².